The topological polar surface area (TPSA) is 76.7 Å². The zero-order valence-electron chi connectivity index (χ0n) is 14.1. The summed E-state index contributed by atoms with van der Waals surface area (Å²) in [6.07, 6.45) is 0.364. The van der Waals surface area contributed by atoms with Crippen molar-refractivity contribution in [1.82, 2.24) is 10.6 Å². The van der Waals surface area contributed by atoms with Crippen LogP contribution in [-0.4, -0.2) is 38.1 Å². The number of hydrogen-bond donors (Lipinski definition) is 2. The average Bonchev–Trinajstić information content (AvgIpc) is 3.11. The molecule has 0 bridgehead atoms. The van der Waals surface area contributed by atoms with Crippen LogP contribution >= 0.6 is 11.3 Å². The number of carbonyl (C=O) groups excluding carboxylic acids is 2. The summed E-state index contributed by atoms with van der Waals surface area (Å²) in [4.78, 5) is 24.5. The molecule has 2 amide bonds. The number of para-hydroxylation sites is 2. The average molecular weight is 362 g/mol. The molecule has 0 aliphatic carbocycles. The van der Waals surface area contributed by atoms with E-state index in [0.29, 0.717) is 37.6 Å². The second-order valence-corrected chi connectivity index (χ2v) is 6.16. The van der Waals surface area contributed by atoms with Crippen molar-refractivity contribution >= 4 is 23.2 Å². The third kappa shape index (κ3) is 6.84. The smallest absolute Gasteiger partial charge is 0.258 e. The van der Waals surface area contributed by atoms with Gasteiger partial charge in [0.2, 0.25) is 5.91 Å². The van der Waals surface area contributed by atoms with Gasteiger partial charge in [0.15, 0.2) is 18.1 Å². The van der Waals surface area contributed by atoms with Gasteiger partial charge in [0.1, 0.15) is 0 Å². The predicted octanol–water partition coefficient (Wildman–Crippen LogP) is 2.00. The van der Waals surface area contributed by atoms with Crippen LogP contribution < -0.4 is 20.1 Å². The molecule has 0 fully saturated rings. The van der Waals surface area contributed by atoms with E-state index in [9.17, 15) is 9.59 Å². The summed E-state index contributed by atoms with van der Waals surface area (Å²) < 4.78 is 10.9. The SMILES string of the molecule is CCOc1ccccc1OCC(=O)NCCNC(=O)Cc1cccs1. The number of thiophene rings is 1. The Hall–Kier alpha value is -2.54. The van der Waals surface area contributed by atoms with Gasteiger partial charge in [0, 0.05) is 18.0 Å². The lowest BCUT2D eigenvalue weighted by Gasteiger charge is -2.11. The van der Waals surface area contributed by atoms with Crippen LogP contribution in [0.2, 0.25) is 0 Å². The van der Waals surface area contributed by atoms with Crippen molar-refractivity contribution < 1.29 is 19.1 Å². The number of amides is 2. The van der Waals surface area contributed by atoms with Crippen LogP contribution in [0.15, 0.2) is 41.8 Å². The highest BCUT2D eigenvalue weighted by Crippen LogP contribution is 2.26. The second kappa shape index (κ2) is 10.4. The summed E-state index contributed by atoms with van der Waals surface area (Å²) in [6, 6.07) is 11.0. The van der Waals surface area contributed by atoms with E-state index < -0.39 is 0 Å². The number of hydrogen-bond acceptors (Lipinski definition) is 5. The molecule has 2 aromatic rings. The van der Waals surface area contributed by atoms with Crippen LogP contribution in [0.1, 0.15) is 11.8 Å². The molecule has 0 radical (unpaired) electrons. The minimum Gasteiger partial charge on any atom is -0.490 e. The number of nitrogens with one attached hydrogen (secondary N) is 2. The molecule has 0 unspecified atom stereocenters. The Morgan fingerprint density at radius 3 is 2.28 bits per heavy atom. The van der Waals surface area contributed by atoms with E-state index in [-0.39, 0.29) is 18.4 Å². The first-order valence-corrected chi connectivity index (χ1v) is 8.97. The van der Waals surface area contributed by atoms with Gasteiger partial charge in [-0.1, -0.05) is 18.2 Å². The Kier molecular flexibility index (Phi) is 7.78. The highest BCUT2D eigenvalue weighted by Gasteiger charge is 2.07. The quantitative estimate of drug-likeness (QED) is 0.634. The molecule has 1 heterocycles. The summed E-state index contributed by atoms with van der Waals surface area (Å²) >= 11 is 1.55. The van der Waals surface area contributed by atoms with Crippen molar-refractivity contribution in [2.75, 3.05) is 26.3 Å². The molecule has 2 N–H and O–H groups in total. The van der Waals surface area contributed by atoms with E-state index >= 15 is 0 Å². The van der Waals surface area contributed by atoms with Gasteiger partial charge >= 0.3 is 0 Å². The van der Waals surface area contributed by atoms with Gasteiger partial charge in [-0.25, -0.2) is 0 Å². The molecule has 0 saturated carbocycles. The Morgan fingerprint density at radius 1 is 0.960 bits per heavy atom. The maximum absolute atomic E-state index is 11.8. The molecule has 0 saturated heterocycles. The van der Waals surface area contributed by atoms with Crippen LogP contribution in [0.3, 0.4) is 0 Å². The lowest BCUT2D eigenvalue weighted by Crippen LogP contribution is -2.37. The van der Waals surface area contributed by atoms with Gasteiger partial charge in [0.05, 0.1) is 13.0 Å². The molecule has 134 valence electrons. The van der Waals surface area contributed by atoms with Crippen LogP contribution in [-0.2, 0) is 16.0 Å². The van der Waals surface area contributed by atoms with Crippen molar-refractivity contribution in [3.05, 3.63) is 46.7 Å². The van der Waals surface area contributed by atoms with Gasteiger partial charge in [-0.15, -0.1) is 11.3 Å². The molecule has 1 aromatic carbocycles. The first kappa shape index (κ1) is 18.8. The van der Waals surface area contributed by atoms with Gasteiger partial charge in [-0.05, 0) is 30.5 Å². The first-order chi connectivity index (χ1) is 12.2. The molecule has 0 aliphatic heterocycles. The van der Waals surface area contributed by atoms with Crippen LogP contribution in [0, 0.1) is 0 Å². The van der Waals surface area contributed by atoms with Crippen molar-refractivity contribution in [2.45, 2.75) is 13.3 Å². The van der Waals surface area contributed by atoms with Crippen LogP contribution in [0.25, 0.3) is 0 Å². The normalized spacial score (nSPS) is 10.1. The summed E-state index contributed by atoms with van der Waals surface area (Å²) in [6.45, 7) is 3.04. The molecule has 0 spiro atoms. The van der Waals surface area contributed by atoms with E-state index in [4.69, 9.17) is 9.47 Å². The van der Waals surface area contributed by atoms with Crippen molar-refractivity contribution in [3.8, 4) is 11.5 Å². The van der Waals surface area contributed by atoms with Crippen LogP contribution in [0.5, 0.6) is 11.5 Å². The zero-order chi connectivity index (χ0) is 17.9. The Balaban J connectivity index is 1.62. The van der Waals surface area contributed by atoms with Gasteiger partial charge in [-0.3, -0.25) is 9.59 Å². The number of carbonyl (C=O) groups is 2. The van der Waals surface area contributed by atoms with Crippen molar-refractivity contribution in [3.63, 3.8) is 0 Å². The zero-order valence-corrected chi connectivity index (χ0v) is 14.9. The lowest BCUT2D eigenvalue weighted by atomic mass is 10.3. The van der Waals surface area contributed by atoms with E-state index in [1.807, 2.05) is 36.6 Å². The largest absolute Gasteiger partial charge is 0.490 e. The predicted molar refractivity (Wildman–Crippen MR) is 97.1 cm³/mol. The van der Waals surface area contributed by atoms with E-state index in [1.165, 1.54) is 0 Å². The van der Waals surface area contributed by atoms with Gasteiger partial charge in [-0.2, -0.15) is 0 Å². The molecule has 0 aliphatic rings. The summed E-state index contributed by atoms with van der Waals surface area (Å²) in [5.74, 6) is 0.833. The minimum atomic E-state index is -0.251. The van der Waals surface area contributed by atoms with E-state index in [1.54, 1.807) is 23.5 Å². The summed E-state index contributed by atoms with van der Waals surface area (Å²) in [5.41, 5.74) is 0. The molecule has 2 rings (SSSR count). The highest BCUT2D eigenvalue weighted by atomic mass is 32.1. The molecule has 6 nitrogen and oxygen atoms in total. The molecule has 1 aromatic heterocycles. The fraction of sp³-hybridized carbons (Fsp3) is 0.333. The molecular formula is C18H22N2O4S. The lowest BCUT2D eigenvalue weighted by molar-refractivity contribution is -0.124. The molecular weight excluding hydrogens is 340 g/mol. The summed E-state index contributed by atoms with van der Waals surface area (Å²) in [5, 5.41) is 7.41. The third-order valence-corrected chi connectivity index (χ3v) is 4.07. The van der Waals surface area contributed by atoms with Crippen molar-refractivity contribution in [1.29, 1.82) is 0 Å². The minimum absolute atomic E-state index is 0.0569. The highest BCUT2D eigenvalue weighted by molar-refractivity contribution is 7.10. The maximum Gasteiger partial charge on any atom is 0.258 e. The molecule has 0 atom stereocenters. The first-order valence-electron chi connectivity index (χ1n) is 8.09. The van der Waals surface area contributed by atoms with Crippen LogP contribution in [0.4, 0.5) is 0 Å². The number of rotatable bonds is 10. The monoisotopic (exact) mass is 362 g/mol. The molecule has 25 heavy (non-hydrogen) atoms. The van der Waals surface area contributed by atoms with Gasteiger partial charge < -0.3 is 20.1 Å². The van der Waals surface area contributed by atoms with Crippen molar-refractivity contribution in [2.24, 2.45) is 0 Å². The Bertz CT molecular complexity index is 673. The maximum atomic E-state index is 11.8. The number of ether oxygens (including phenoxy) is 2. The summed E-state index contributed by atoms with van der Waals surface area (Å²) in [7, 11) is 0. The fourth-order valence-electron chi connectivity index (χ4n) is 2.08. The van der Waals surface area contributed by atoms with E-state index in [0.717, 1.165) is 4.88 Å². The second-order valence-electron chi connectivity index (χ2n) is 5.12. The van der Waals surface area contributed by atoms with Gasteiger partial charge in [0.25, 0.3) is 5.91 Å². The standard InChI is InChI=1S/C18H22N2O4S/c1-2-23-15-7-3-4-8-16(15)24-13-18(22)20-10-9-19-17(21)12-14-6-5-11-25-14/h3-8,11H,2,9-10,12-13H2,1H3,(H,19,21)(H,20,22). The van der Waals surface area contributed by atoms with E-state index in [2.05, 4.69) is 10.6 Å². The third-order valence-electron chi connectivity index (χ3n) is 3.19. The fourth-order valence-corrected chi connectivity index (χ4v) is 2.78. The Morgan fingerprint density at radius 2 is 1.64 bits per heavy atom. The molecule has 7 heteroatoms. The Labute approximate surface area is 151 Å². The number of benzene rings is 1.